The maximum absolute atomic E-state index is 12.0. The maximum Gasteiger partial charge on any atom is 0.237 e. The molecule has 1 saturated carbocycles. The highest BCUT2D eigenvalue weighted by Gasteiger charge is 2.29. The van der Waals surface area contributed by atoms with Gasteiger partial charge in [-0.15, -0.1) is 0 Å². The van der Waals surface area contributed by atoms with Crippen molar-refractivity contribution < 1.29 is 4.79 Å². The number of nitrogens with one attached hydrogen (secondary N) is 4. The fourth-order valence-electron chi connectivity index (χ4n) is 3.20. The molecule has 166 valence electrons. The van der Waals surface area contributed by atoms with Crippen LogP contribution in [0.4, 0.5) is 17.5 Å². The standard InChI is InChI=1S/C24H29N7O/c1-4-10-27-22-19(9-8-17-11-21(12-17)29-23(32)16(2)26-3)15-28-24(31-22)30-20-7-5-6-18(13-20)14-25/h5-7,13,15-17,21,26H,4,10-12H2,1-3H3,(H,29,32)(H2,27,28,30,31)/t16-,17?,21?/m0/s1. The van der Waals surface area contributed by atoms with Crippen LogP contribution in [0.2, 0.25) is 0 Å². The van der Waals surface area contributed by atoms with Crippen molar-refractivity contribution in [1.82, 2.24) is 20.6 Å². The molecule has 0 saturated heterocycles. The van der Waals surface area contributed by atoms with E-state index in [1.807, 2.05) is 19.1 Å². The molecule has 1 atom stereocenters. The van der Waals surface area contributed by atoms with E-state index in [1.54, 1.807) is 25.4 Å². The zero-order chi connectivity index (χ0) is 22.9. The Bertz CT molecular complexity index is 1040. The van der Waals surface area contributed by atoms with E-state index in [2.05, 4.69) is 56.1 Å². The van der Waals surface area contributed by atoms with Crippen molar-refractivity contribution in [2.45, 2.75) is 45.2 Å². The molecule has 3 rings (SSSR count). The van der Waals surface area contributed by atoms with E-state index in [9.17, 15) is 4.79 Å². The molecule has 0 radical (unpaired) electrons. The molecule has 1 aromatic carbocycles. The summed E-state index contributed by atoms with van der Waals surface area (Å²) < 4.78 is 0. The van der Waals surface area contributed by atoms with Crippen molar-refractivity contribution in [3.63, 3.8) is 0 Å². The predicted molar refractivity (Wildman–Crippen MR) is 125 cm³/mol. The number of hydrogen-bond donors (Lipinski definition) is 4. The average molecular weight is 432 g/mol. The van der Waals surface area contributed by atoms with Crippen molar-refractivity contribution >= 4 is 23.4 Å². The summed E-state index contributed by atoms with van der Waals surface area (Å²) in [7, 11) is 1.77. The Morgan fingerprint density at radius 1 is 1.34 bits per heavy atom. The van der Waals surface area contributed by atoms with Crippen LogP contribution in [-0.2, 0) is 4.79 Å². The molecule has 1 amide bonds. The molecular weight excluding hydrogens is 402 g/mol. The number of carbonyl (C=O) groups excluding carboxylic acids is 1. The van der Waals surface area contributed by atoms with Crippen LogP contribution in [-0.4, -0.2) is 41.6 Å². The van der Waals surface area contributed by atoms with Crippen LogP contribution in [0.15, 0.2) is 30.5 Å². The summed E-state index contributed by atoms with van der Waals surface area (Å²) in [6, 6.07) is 9.28. The lowest BCUT2D eigenvalue weighted by atomic mass is 9.80. The van der Waals surface area contributed by atoms with E-state index in [-0.39, 0.29) is 23.9 Å². The van der Waals surface area contributed by atoms with Crippen molar-refractivity contribution in [3.8, 4) is 17.9 Å². The summed E-state index contributed by atoms with van der Waals surface area (Å²) in [5.41, 5.74) is 2.06. The highest BCUT2D eigenvalue weighted by atomic mass is 16.2. The van der Waals surface area contributed by atoms with Gasteiger partial charge in [-0.25, -0.2) is 4.98 Å². The molecule has 32 heavy (non-hydrogen) atoms. The smallest absolute Gasteiger partial charge is 0.237 e. The van der Waals surface area contributed by atoms with E-state index < -0.39 is 0 Å². The van der Waals surface area contributed by atoms with Crippen molar-refractivity contribution in [2.24, 2.45) is 5.92 Å². The number of aromatic nitrogens is 2. The van der Waals surface area contributed by atoms with E-state index in [0.29, 0.717) is 17.3 Å². The highest BCUT2D eigenvalue weighted by Crippen LogP contribution is 2.27. The number of anilines is 3. The third-order valence-electron chi connectivity index (χ3n) is 5.30. The minimum atomic E-state index is -0.195. The molecule has 8 nitrogen and oxygen atoms in total. The van der Waals surface area contributed by atoms with Gasteiger partial charge in [-0.1, -0.05) is 24.8 Å². The maximum atomic E-state index is 12.0. The molecule has 4 N–H and O–H groups in total. The van der Waals surface area contributed by atoms with Gasteiger partial charge in [-0.3, -0.25) is 4.79 Å². The lowest BCUT2D eigenvalue weighted by Gasteiger charge is -2.33. The largest absolute Gasteiger partial charge is 0.369 e. The van der Waals surface area contributed by atoms with Gasteiger partial charge in [-0.05, 0) is 51.4 Å². The minimum Gasteiger partial charge on any atom is -0.369 e. The van der Waals surface area contributed by atoms with Gasteiger partial charge >= 0.3 is 0 Å². The summed E-state index contributed by atoms with van der Waals surface area (Å²) in [5, 5.41) is 21.5. The fraction of sp³-hybridized carbons (Fsp3) is 0.417. The number of benzene rings is 1. The molecule has 0 bridgehead atoms. The van der Waals surface area contributed by atoms with Gasteiger partial charge in [0.05, 0.1) is 29.4 Å². The van der Waals surface area contributed by atoms with Crippen molar-refractivity contribution in [1.29, 1.82) is 5.26 Å². The molecule has 1 aliphatic carbocycles. The predicted octanol–water partition coefficient (Wildman–Crippen LogP) is 2.77. The normalized spacial score (nSPS) is 17.7. The van der Waals surface area contributed by atoms with E-state index >= 15 is 0 Å². The Morgan fingerprint density at radius 2 is 2.16 bits per heavy atom. The molecule has 1 aliphatic rings. The Morgan fingerprint density at radius 3 is 2.88 bits per heavy atom. The Balaban J connectivity index is 1.65. The summed E-state index contributed by atoms with van der Waals surface area (Å²) >= 11 is 0. The second-order valence-electron chi connectivity index (χ2n) is 7.85. The number of nitrogens with zero attached hydrogens (tertiary/aromatic N) is 3. The van der Waals surface area contributed by atoms with Crippen LogP contribution in [0.3, 0.4) is 0 Å². The first-order chi connectivity index (χ1) is 15.5. The summed E-state index contributed by atoms with van der Waals surface area (Å²) in [6.07, 6.45) is 4.37. The van der Waals surface area contributed by atoms with Crippen LogP contribution in [0.5, 0.6) is 0 Å². The van der Waals surface area contributed by atoms with E-state index in [1.165, 1.54) is 0 Å². The highest BCUT2D eigenvalue weighted by molar-refractivity contribution is 5.81. The molecule has 8 heteroatoms. The number of likely N-dealkylation sites (N-methyl/N-ethyl adjacent to an activating group) is 1. The van der Waals surface area contributed by atoms with Crippen molar-refractivity contribution in [2.75, 3.05) is 24.2 Å². The average Bonchev–Trinajstić information content (AvgIpc) is 2.79. The lowest BCUT2D eigenvalue weighted by Crippen LogP contribution is -2.49. The molecule has 1 heterocycles. The van der Waals surface area contributed by atoms with Gasteiger partial charge in [0.2, 0.25) is 11.9 Å². The first-order valence-electron chi connectivity index (χ1n) is 10.9. The molecule has 0 unspecified atom stereocenters. The van der Waals surface area contributed by atoms with Crippen LogP contribution in [0.1, 0.15) is 44.2 Å². The lowest BCUT2D eigenvalue weighted by molar-refractivity contribution is -0.124. The molecule has 1 fully saturated rings. The second-order valence-corrected chi connectivity index (χ2v) is 7.85. The SMILES string of the molecule is CCCNc1nc(Nc2cccc(C#N)c2)ncc1C#CC1CC(NC(=O)[C@H](C)NC)C1. The van der Waals surface area contributed by atoms with Crippen LogP contribution < -0.4 is 21.3 Å². The van der Waals surface area contributed by atoms with Gasteiger partial charge in [0.1, 0.15) is 5.82 Å². The van der Waals surface area contributed by atoms with Gasteiger partial charge < -0.3 is 21.3 Å². The third-order valence-corrected chi connectivity index (χ3v) is 5.30. The third kappa shape index (κ3) is 6.19. The quantitative estimate of drug-likeness (QED) is 0.475. The molecule has 1 aromatic heterocycles. The molecule has 0 aliphatic heterocycles. The van der Waals surface area contributed by atoms with Crippen LogP contribution >= 0.6 is 0 Å². The van der Waals surface area contributed by atoms with Gasteiger partial charge in [0.25, 0.3) is 0 Å². The first kappa shape index (κ1) is 23.1. The summed E-state index contributed by atoms with van der Waals surface area (Å²) in [5.74, 6) is 7.88. The Hall–Kier alpha value is -3.62. The number of nitriles is 1. The van der Waals surface area contributed by atoms with Gasteiger partial charge in [0, 0.05) is 24.2 Å². The van der Waals surface area contributed by atoms with Gasteiger partial charge in [-0.2, -0.15) is 10.2 Å². The zero-order valence-corrected chi connectivity index (χ0v) is 18.7. The number of carbonyl (C=O) groups is 1. The van der Waals surface area contributed by atoms with E-state index in [0.717, 1.165) is 37.1 Å². The summed E-state index contributed by atoms with van der Waals surface area (Å²) in [6.45, 7) is 4.70. The topological polar surface area (TPSA) is 115 Å². The second kappa shape index (κ2) is 11.1. The Kier molecular flexibility index (Phi) is 8.02. The monoisotopic (exact) mass is 431 g/mol. The molecule has 0 spiro atoms. The number of hydrogen-bond acceptors (Lipinski definition) is 7. The van der Waals surface area contributed by atoms with Gasteiger partial charge in [0.15, 0.2) is 0 Å². The zero-order valence-electron chi connectivity index (χ0n) is 18.7. The number of rotatable bonds is 8. The van der Waals surface area contributed by atoms with Crippen molar-refractivity contribution in [3.05, 3.63) is 41.6 Å². The fourth-order valence-corrected chi connectivity index (χ4v) is 3.20. The van der Waals surface area contributed by atoms with Crippen LogP contribution in [0, 0.1) is 29.1 Å². The molecule has 2 aromatic rings. The number of amides is 1. The van der Waals surface area contributed by atoms with E-state index in [4.69, 9.17) is 5.26 Å². The minimum absolute atomic E-state index is 0.0201. The Labute approximate surface area is 189 Å². The van der Waals surface area contributed by atoms with Crippen LogP contribution in [0.25, 0.3) is 0 Å². The first-order valence-corrected chi connectivity index (χ1v) is 10.9. The molecular formula is C24H29N7O. The summed E-state index contributed by atoms with van der Waals surface area (Å²) in [4.78, 5) is 20.9.